The van der Waals surface area contributed by atoms with Crippen LogP contribution in [-0.2, 0) is 25.6 Å². The molecule has 0 spiro atoms. The molecule has 1 aromatic carbocycles. The molecule has 1 aromatic rings. The van der Waals surface area contributed by atoms with Crippen LogP contribution >= 0.6 is 0 Å². The summed E-state index contributed by atoms with van der Waals surface area (Å²) in [6.45, 7) is 2.83. The lowest BCUT2D eigenvalue weighted by molar-refractivity contribution is 0.0426. The van der Waals surface area contributed by atoms with Crippen LogP contribution in [0.4, 0.5) is 0 Å². The first kappa shape index (κ1) is 18.8. The maximum absolute atomic E-state index is 12.3. The number of esters is 2. The van der Waals surface area contributed by atoms with Crippen LogP contribution in [0.25, 0.3) is 0 Å². The van der Waals surface area contributed by atoms with Crippen molar-refractivity contribution in [3.05, 3.63) is 34.9 Å². The molecule has 142 valence electrons. The highest BCUT2D eigenvalue weighted by Crippen LogP contribution is 2.18. The molecule has 2 aliphatic heterocycles. The molecule has 0 radical (unpaired) electrons. The summed E-state index contributed by atoms with van der Waals surface area (Å²) in [5, 5.41) is 9.42. The van der Waals surface area contributed by atoms with Gasteiger partial charge in [-0.25, -0.2) is 9.59 Å². The quantitative estimate of drug-likeness (QED) is 0.734. The lowest BCUT2D eigenvalue weighted by atomic mass is 10.1. The van der Waals surface area contributed by atoms with Crippen molar-refractivity contribution in [2.75, 3.05) is 39.6 Å². The minimum absolute atomic E-state index is 0.207. The largest absolute Gasteiger partial charge is 0.462 e. The van der Waals surface area contributed by atoms with Gasteiger partial charge in [0.15, 0.2) is 0 Å². The van der Waals surface area contributed by atoms with E-state index in [0.29, 0.717) is 32.0 Å². The second-order valence-corrected chi connectivity index (χ2v) is 6.73. The minimum Gasteiger partial charge on any atom is -0.462 e. The third-order valence-electron chi connectivity index (χ3n) is 4.60. The van der Waals surface area contributed by atoms with E-state index in [4.69, 9.17) is 18.9 Å². The second kappa shape index (κ2) is 9.12. The smallest absolute Gasteiger partial charge is 0.338 e. The lowest BCUT2D eigenvalue weighted by Crippen LogP contribution is -2.17. The molecular weight excluding hydrogens is 340 g/mol. The molecule has 2 atom stereocenters. The van der Waals surface area contributed by atoms with Gasteiger partial charge in [-0.15, -0.1) is 0 Å². The Morgan fingerprint density at radius 3 is 1.81 bits per heavy atom. The molecule has 7 heteroatoms. The molecule has 0 aliphatic carbocycles. The van der Waals surface area contributed by atoms with Crippen LogP contribution in [0.1, 0.15) is 39.1 Å². The van der Waals surface area contributed by atoms with Gasteiger partial charge < -0.3 is 24.1 Å². The standard InChI is InChI=1S/C19H24O7/c20-8-15-5-16(18(21)25-11-13-1-3-23-9-13)7-17(6-15)19(22)26-12-14-2-4-24-10-14/h5-7,13-14,20H,1-4,8-12H2. The first-order chi connectivity index (χ1) is 12.7. The van der Waals surface area contributed by atoms with Crippen molar-refractivity contribution in [2.45, 2.75) is 19.4 Å². The first-order valence-corrected chi connectivity index (χ1v) is 8.90. The number of rotatable bonds is 7. The molecule has 26 heavy (non-hydrogen) atoms. The summed E-state index contributed by atoms with van der Waals surface area (Å²) in [6.07, 6.45) is 1.73. The second-order valence-electron chi connectivity index (χ2n) is 6.73. The number of aliphatic hydroxyl groups excluding tert-OH is 1. The van der Waals surface area contributed by atoms with Crippen molar-refractivity contribution in [1.82, 2.24) is 0 Å². The highest BCUT2D eigenvalue weighted by Gasteiger charge is 2.21. The first-order valence-electron chi connectivity index (χ1n) is 8.90. The van der Waals surface area contributed by atoms with Crippen LogP contribution in [0.2, 0.25) is 0 Å². The molecule has 0 aromatic heterocycles. The van der Waals surface area contributed by atoms with Gasteiger partial charge in [0, 0.05) is 25.0 Å². The monoisotopic (exact) mass is 364 g/mol. The Hall–Kier alpha value is -1.96. The predicted octanol–water partition coefficient (Wildman–Crippen LogP) is 1.57. The number of carbonyl (C=O) groups is 2. The van der Waals surface area contributed by atoms with Crippen LogP contribution in [0.3, 0.4) is 0 Å². The van der Waals surface area contributed by atoms with Crippen LogP contribution in [-0.4, -0.2) is 56.7 Å². The van der Waals surface area contributed by atoms with E-state index in [1.165, 1.54) is 18.2 Å². The fourth-order valence-corrected chi connectivity index (χ4v) is 3.00. The van der Waals surface area contributed by atoms with Gasteiger partial charge in [-0.05, 0) is 36.6 Å². The molecular formula is C19H24O7. The zero-order valence-electron chi connectivity index (χ0n) is 14.6. The van der Waals surface area contributed by atoms with E-state index in [2.05, 4.69) is 0 Å². The van der Waals surface area contributed by atoms with Gasteiger partial charge in [-0.2, -0.15) is 0 Å². The van der Waals surface area contributed by atoms with E-state index in [9.17, 15) is 14.7 Å². The van der Waals surface area contributed by atoms with Crippen LogP contribution in [0, 0.1) is 11.8 Å². The molecule has 3 rings (SSSR count). The molecule has 0 amide bonds. The Morgan fingerprint density at radius 2 is 1.42 bits per heavy atom. The normalized spacial score (nSPS) is 22.3. The Labute approximate surface area is 152 Å². The van der Waals surface area contributed by atoms with E-state index < -0.39 is 11.9 Å². The Kier molecular flexibility index (Phi) is 6.60. The van der Waals surface area contributed by atoms with Gasteiger partial charge >= 0.3 is 11.9 Å². The number of hydrogen-bond donors (Lipinski definition) is 1. The van der Waals surface area contributed by atoms with Crippen LogP contribution in [0.15, 0.2) is 18.2 Å². The summed E-state index contributed by atoms with van der Waals surface area (Å²) >= 11 is 0. The van der Waals surface area contributed by atoms with Crippen molar-refractivity contribution in [3.63, 3.8) is 0 Å². The summed E-state index contributed by atoms with van der Waals surface area (Å²) in [7, 11) is 0. The van der Waals surface area contributed by atoms with E-state index in [1.54, 1.807) is 0 Å². The molecule has 7 nitrogen and oxygen atoms in total. The van der Waals surface area contributed by atoms with Crippen molar-refractivity contribution in [3.8, 4) is 0 Å². The third kappa shape index (κ3) is 5.03. The SMILES string of the molecule is O=C(OCC1CCOC1)c1cc(CO)cc(C(=O)OCC2CCOC2)c1. The third-order valence-corrected chi connectivity index (χ3v) is 4.60. The fraction of sp³-hybridized carbons (Fsp3) is 0.579. The van der Waals surface area contributed by atoms with Crippen molar-refractivity contribution in [1.29, 1.82) is 0 Å². The van der Waals surface area contributed by atoms with Crippen molar-refractivity contribution in [2.24, 2.45) is 11.8 Å². The lowest BCUT2D eigenvalue weighted by Gasteiger charge is -2.12. The molecule has 2 heterocycles. The molecule has 1 N–H and O–H groups in total. The minimum atomic E-state index is -0.523. The molecule has 0 bridgehead atoms. The molecule has 2 aliphatic rings. The van der Waals surface area contributed by atoms with Crippen LogP contribution in [0.5, 0.6) is 0 Å². The average Bonchev–Trinajstić information content (AvgIpc) is 3.37. The number of benzene rings is 1. The highest BCUT2D eigenvalue weighted by molar-refractivity contribution is 5.95. The van der Waals surface area contributed by atoms with E-state index >= 15 is 0 Å². The number of hydrogen-bond acceptors (Lipinski definition) is 7. The number of aliphatic hydroxyl groups is 1. The predicted molar refractivity (Wildman–Crippen MR) is 90.8 cm³/mol. The number of carbonyl (C=O) groups excluding carboxylic acids is 2. The van der Waals surface area contributed by atoms with E-state index in [-0.39, 0.29) is 42.8 Å². The highest BCUT2D eigenvalue weighted by atomic mass is 16.5. The molecule has 2 unspecified atom stereocenters. The maximum atomic E-state index is 12.3. The Balaban J connectivity index is 1.62. The van der Waals surface area contributed by atoms with Crippen molar-refractivity contribution < 1.29 is 33.6 Å². The average molecular weight is 364 g/mol. The van der Waals surface area contributed by atoms with E-state index in [1.807, 2.05) is 0 Å². The Bertz CT molecular complexity index is 581. The number of ether oxygens (including phenoxy) is 4. The van der Waals surface area contributed by atoms with E-state index in [0.717, 1.165) is 12.8 Å². The zero-order valence-corrected chi connectivity index (χ0v) is 14.6. The molecule has 2 fully saturated rings. The maximum Gasteiger partial charge on any atom is 0.338 e. The van der Waals surface area contributed by atoms with Gasteiger partial charge in [-0.3, -0.25) is 0 Å². The van der Waals surface area contributed by atoms with Gasteiger partial charge in [0.05, 0.1) is 44.2 Å². The zero-order chi connectivity index (χ0) is 18.4. The Morgan fingerprint density at radius 1 is 0.923 bits per heavy atom. The summed E-state index contributed by atoms with van der Waals surface area (Å²) < 4.78 is 21.2. The summed E-state index contributed by atoms with van der Waals surface area (Å²) in [5.41, 5.74) is 0.915. The fourth-order valence-electron chi connectivity index (χ4n) is 3.00. The topological polar surface area (TPSA) is 91.3 Å². The molecule has 2 saturated heterocycles. The summed E-state index contributed by atoms with van der Waals surface area (Å²) in [4.78, 5) is 24.6. The van der Waals surface area contributed by atoms with Gasteiger partial charge in [0.25, 0.3) is 0 Å². The van der Waals surface area contributed by atoms with Gasteiger partial charge in [0.2, 0.25) is 0 Å². The molecule has 0 saturated carbocycles. The van der Waals surface area contributed by atoms with Gasteiger partial charge in [-0.1, -0.05) is 0 Å². The summed E-state index contributed by atoms with van der Waals surface area (Å²) in [6, 6.07) is 4.49. The van der Waals surface area contributed by atoms with Gasteiger partial charge in [0.1, 0.15) is 0 Å². The summed E-state index contributed by atoms with van der Waals surface area (Å²) in [5.74, 6) is -0.632. The van der Waals surface area contributed by atoms with Crippen molar-refractivity contribution >= 4 is 11.9 Å². The van der Waals surface area contributed by atoms with Crippen LogP contribution < -0.4 is 0 Å².